The molecular weight excluding hydrogens is 196 g/mol. The predicted octanol–water partition coefficient (Wildman–Crippen LogP) is 3.67. The van der Waals surface area contributed by atoms with Crippen molar-refractivity contribution in [1.29, 1.82) is 0 Å². The molecule has 0 bridgehead atoms. The van der Waals surface area contributed by atoms with Crippen molar-refractivity contribution in [3.8, 4) is 5.75 Å². The van der Waals surface area contributed by atoms with Gasteiger partial charge in [0, 0.05) is 6.42 Å². The van der Waals surface area contributed by atoms with Crippen molar-refractivity contribution < 1.29 is 4.74 Å². The predicted molar refractivity (Wildman–Crippen MR) is 64.7 cm³/mol. The van der Waals surface area contributed by atoms with Crippen LogP contribution in [-0.2, 0) is 6.42 Å². The summed E-state index contributed by atoms with van der Waals surface area (Å²) in [7, 11) is 0. The van der Waals surface area contributed by atoms with Crippen molar-refractivity contribution in [2.24, 2.45) is 0 Å². The fourth-order valence-electron chi connectivity index (χ4n) is 2.17. The molecule has 2 aromatic rings. The maximum Gasteiger partial charge on any atom is 0.128 e. The van der Waals surface area contributed by atoms with Crippen LogP contribution in [0.5, 0.6) is 5.75 Å². The van der Waals surface area contributed by atoms with Gasteiger partial charge in [-0.15, -0.1) is 0 Å². The van der Waals surface area contributed by atoms with Gasteiger partial charge in [0.05, 0.1) is 0 Å². The van der Waals surface area contributed by atoms with Gasteiger partial charge in [-0.2, -0.15) is 0 Å². The van der Waals surface area contributed by atoms with Gasteiger partial charge >= 0.3 is 0 Å². The van der Waals surface area contributed by atoms with E-state index in [0.717, 1.165) is 12.2 Å². The molecule has 0 radical (unpaired) electrons. The summed E-state index contributed by atoms with van der Waals surface area (Å²) in [4.78, 5) is 0. The SMILES string of the molecule is Cc1ccc2c(c1)CC2Oc1ccccc1. The lowest BCUT2D eigenvalue weighted by atomic mass is 9.84. The van der Waals surface area contributed by atoms with Gasteiger partial charge < -0.3 is 4.74 Å². The monoisotopic (exact) mass is 210 g/mol. The van der Waals surface area contributed by atoms with Gasteiger partial charge in [0.1, 0.15) is 11.9 Å². The molecule has 0 spiro atoms. The van der Waals surface area contributed by atoms with Gasteiger partial charge in [-0.3, -0.25) is 0 Å². The molecular formula is C15H14O. The van der Waals surface area contributed by atoms with Gasteiger partial charge in [-0.25, -0.2) is 0 Å². The Morgan fingerprint density at radius 2 is 1.88 bits per heavy atom. The van der Waals surface area contributed by atoms with Crippen LogP contribution in [0, 0.1) is 6.92 Å². The summed E-state index contributed by atoms with van der Waals surface area (Å²) in [5, 5.41) is 0. The molecule has 0 aromatic heterocycles. The summed E-state index contributed by atoms with van der Waals surface area (Å²) in [6.07, 6.45) is 1.28. The van der Waals surface area contributed by atoms with E-state index >= 15 is 0 Å². The van der Waals surface area contributed by atoms with E-state index in [1.165, 1.54) is 16.7 Å². The number of aryl methyl sites for hydroxylation is 1. The second kappa shape index (κ2) is 3.67. The third-order valence-electron chi connectivity index (χ3n) is 3.07. The van der Waals surface area contributed by atoms with Crippen molar-refractivity contribution in [3.63, 3.8) is 0 Å². The van der Waals surface area contributed by atoms with Crippen molar-refractivity contribution >= 4 is 0 Å². The second-order valence-corrected chi connectivity index (χ2v) is 4.33. The van der Waals surface area contributed by atoms with Crippen LogP contribution < -0.4 is 4.74 Å². The minimum Gasteiger partial charge on any atom is -0.485 e. The van der Waals surface area contributed by atoms with E-state index in [-0.39, 0.29) is 6.10 Å². The Balaban J connectivity index is 1.79. The van der Waals surface area contributed by atoms with Crippen LogP contribution in [0.3, 0.4) is 0 Å². The van der Waals surface area contributed by atoms with Crippen molar-refractivity contribution in [1.82, 2.24) is 0 Å². The highest BCUT2D eigenvalue weighted by molar-refractivity contribution is 5.42. The molecule has 0 saturated carbocycles. The van der Waals surface area contributed by atoms with E-state index < -0.39 is 0 Å². The van der Waals surface area contributed by atoms with E-state index in [1.807, 2.05) is 30.3 Å². The molecule has 1 unspecified atom stereocenters. The highest BCUT2D eigenvalue weighted by Crippen LogP contribution is 2.37. The molecule has 0 heterocycles. The van der Waals surface area contributed by atoms with Crippen LogP contribution in [-0.4, -0.2) is 0 Å². The smallest absolute Gasteiger partial charge is 0.128 e. The molecule has 3 rings (SSSR count). The average Bonchev–Trinajstić information content (AvgIpc) is 2.28. The Labute approximate surface area is 95.7 Å². The normalized spacial score (nSPS) is 17.4. The van der Waals surface area contributed by atoms with Crippen molar-refractivity contribution in [2.45, 2.75) is 19.4 Å². The Bertz CT molecular complexity index is 502. The zero-order chi connectivity index (χ0) is 11.0. The Hall–Kier alpha value is -1.76. The van der Waals surface area contributed by atoms with Gasteiger partial charge in [0.2, 0.25) is 0 Å². The fraction of sp³-hybridized carbons (Fsp3) is 0.200. The number of hydrogen-bond donors (Lipinski definition) is 0. The summed E-state index contributed by atoms with van der Waals surface area (Å²) >= 11 is 0. The molecule has 16 heavy (non-hydrogen) atoms. The third-order valence-corrected chi connectivity index (χ3v) is 3.07. The molecule has 0 N–H and O–H groups in total. The number of fused-ring (bicyclic) bond motifs is 1. The summed E-state index contributed by atoms with van der Waals surface area (Å²) in [5.41, 5.74) is 4.10. The van der Waals surface area contributed by atoms with Crippen LogP contribution in [0.4, 0.5) is 0 Å². The molecule has 2 aromatic carbocycles. The lowest BCUT2D eigenvalue weighted by Gasteiger charge is -2.30. The topological polar surface area (TPSA) is 9.23 Å². The van der Waals surface area contributed by atoms with Crippen molar-refractivity contribution in [3.05, 3.63) is 65.2 Å². The molecule has 80 valence electrons. The van der Waals surface area contributed by atoms with Crippen molar-refractivity contribution in [2.75, 3.05) is 0 Å². The first-order valence-corrected chi connectivity index (χ1v) is 5.64. The molecule has 1 nitrogen and oxygen atoms in total. The number of benzene rings is 2. The van der Waals surface area contributed by atoms with Crippen LogP contribution >= 0.6 is 0 Å². The zero-order valence-corrected chi connectivity index (χ0v) is 9.31. The quantitative estimate of drug-likeness (QED) is 0.734. The average molecular weight is 210 g/mol. The van der Waals surface area contributed by atoms with Gasteiger partial charge in [-0.1, -0.05) is 42.0 Å². The first-order valence-electron chi connectivity index (χ1n) is 5.64. The van der Waals surface area contributed by atoms with Gasteiger partial charge in [0.15, 0.2) is 0 Å². The Kier molecular flexibility index (Phi) is 2.17. The van der Waals surface area contributed by atoms with Crippen LogP contribution in [0.1, 0.15) is 22.8 Å². The third kappa shape index (κ3) is 1.58. The number of hydrogen-bond acceptors (Lipinski definition) is 1. The molecule has 0 aliphatic heterocycles. The number of ether oxygens (including phenoxy) is 1. The van der Waals surface area contributed by atoms with E-state index in [9.17, 15) is 0 Å². The summed E-state index contributed by atoms with van der Waals surface area (Å²) < 4.78 is 5.92. The maximum atomic E-state index is 5.92. The lowest BCUT2D eigenvalue weighted by Crippen LogP contribution is -2.22. The van der Waals surface area contributed by atoms with Crippen LogP contribution in [0.15, 0.2) is 48.5 Å². The van der Waals surface area contributed by atoms with E-state index in [1.54, 1.807) is 0 Å². The second-order valence-electron chi connectivity index (χ2n) is 4.33. The molecule has 1 aliphatic rings. The highest BCUT2D eigenvalue weighted by atomic mass is 16.5. The molecule has 1 heteroatoms. The first kappa shape index (κ1) is 9.46. The molecule has 0 fully saturated rings. The lowest BCUT2D eigenvalue weighted by molar-refractivity contribution is 0.181. The molecule has 1 atom stereocenters. The number of para-hydroxylation sites is 1. The van der Waals surface area contributed by atoms with Crippen LogP contribution in [0.2, 0.25) is 0 Å². The summed E-state index contributed by atoms with van der Waals surface area (Å²) in [6, 6.07) is 16.6. The van der Waals surface area contributed by atoms with E-state index in [4.69, 9.17) is 4.74 Å². The van der Waals surface area contributed by atoms with Crippen LogP contribution in [0.25, 0.3) is 0 Å². The number of rotatable bonds is 2. The first-order chi connectivity index (χ1) is 7.83. The highest BCUT2D eigenvalue weighted by Gasteiger charge is 2.27. The van der Waals surface area contributed by atoms with E-state index in [0.29, 0.717) is 0 Å². The largest absolute Gasteiger partial charge is 0.485 e. The minimum absolute atomic E-state index is 0.248. The summed E-state index contributed by atoms with van der Waals surface area (Å²) in [5.74, 6) is 0.957. The molecule has 0 saturated heterocycles. The van der Waals surface area contributed by atoms with E-state index in [2.05, 4.69) is 25.1 Å². The maximum absolute atomic E-state index is 5.92. The molecule has 1 aliphatic carbocycles. The minimum atomic E-state index is 0.248. The van der Waals surface area contributed by atoms with Gasteiger partial charge in [0.25, 0.3) is 0 Å². The standard InChI is InChI=1S/C15H14O/c1-11-7-8-14-12(9-11)10-15(14)16-13-5-3-2-4-6-13/h2-9,15H,10H2,1H3. The Morgan fingerprint density at radius 1 is 1.06 bits per heavy atom. The molecule has 0 amide bonds. The summed E-state index contributed by atoms with van der Waals surface area (Å²) in [6.45, 7) is 2.13. The zero-order valence-electron chi connectivity index (χ0n) is 9.31. The van der Waals surface area contributed by atoms with Gasteiger partial charge in [-0.05, 0) is 30.2 Å². The Morgan fingerprint density at radius 3 is 2.62 bits per heavy atom. The fourth-order valence-corrected chi connectivity index (χ4v) is 2.17.